The Morgan fingerprint density at radius 2 is 0.889 bits per heavy atom. The normalized spacial score (nSPS) is 18.5. The second kappa shape index (κ2) is 13.7. The fourth-order valence-electron chi connectivity index (χ4n) is 12.7. The van der Waals surface area contributed by atoms with E-state index >= 15 is 0 Å². The molecule has 4 aliphatic rings. The molecular formula is C62H63N. The largest absolute Gasteiger partial charge is 0.309 e. The maximum absolute atomic E-state index is 2.73. The van der Waals surface area contributed by atoms with Gasteiger partial charge in [-0.15, -0.1) is 0 Å². The van der Waals surface area contributed by atoms with E-state index in [1.54, 1.807) is 0 Å². The molecule has 0 atom stereocenters. The van der Waals surface area contributed by atoms with Crippen LogP contribution < -0.4 is 4.90 Å². The summed E-state index contributed by atoms with van der Waals surface area (Å²) in [6, 6.07) is 56.9. The number of fused-ring (bicyclic) bond motifs is 12. The summed E-state index contributed by atoms with van der Waals surface area (Å²) in [5.74, 6) is 0.311. The average molecular weight is 822 g/mol. The zero-order valence-electron chi connectivity index (χ0n) is 39.2. The van der Waals surface area contributed by atoms with Crippen molar-refractivity contribution in [2.45, 2.75) is 128 Å². The molecular weight excluding hydrogens is 759 g/mol. The van der Waals surface area contributed by atoms with Crippen molar-refractivity contribution in [3.05, 3.63) is 196 Å². The van der Waals surface area contributed by atoms with Gasteiger partial charge in [-0.05, 0) is 155 Å². The summed E-state index contributed by atoms with van der Waals surface area (Å²) in [6.45, 7) is 24.6. The van der Waals surface area contributed by atoms with Gasteiger partial charge in [-0.2, -0.15) is 0 Å². The lowest BCUT2D eigenvalue weighted by atomic mass is 9.62. The van der Waals surface area contributed by atoms with E-state index in [-0.39, 0.29) is 21.7 Å². The molecule has 0 bridgehead atoms. The fourth-order valence-corrected chi connectivity index (χ4v) is 12.7. The average Bonchev–Trinajstić information content (AvgIpc) is 3.74. The van der Waals surface area contributed by atoms with Crippen molar-refractivity contribution in [1.29, 1.82) is 0 Å². The first kappa shape index (κ1) is 40.1. The number of para-hydroxylation sites is 1. The van der Waals surface area contributed by atoms with Gasteiger partial charge in [0, 0.05) is 11.3 Å². The molecule has 1 spiro atoms. The van der Waals surface area contributed by atoms with Crippen molar-refractivity contribution >= 4 is 17.1 Å². The molecule has 0 heterocycles. The minimum absolute atomic E-state index is 0.0305. The SMILES string of the molecule is CC(C)c1ccc2c(c1N(c1ccccc1)c1cc3c(cc1-c1ccc4c(c1)C(C)(C)CCC4(C)C)-c1ccccc1C31c3ccccc3-c3ccccc31)C(C)(C)CCC2(C)C. The summed E-state index contributed by atoms with van der Waals surface area (Å²) in [4.78, 5) is 2.73. The van der Waals surface area contributed by atoms with Gasteiger partial charge in [0.2, 0.25) is 0 Å². The van der Waals surface area contributed by atoms with E-state index in [2.05, 4.69) is 220 Å². The lowest BCUT2D eigenvalue weighted by Gasteiger charge is -2.46. The number of rotatable bonds is 5. The second-order valence-corrected chi connectivity index (χ2v) is 22.3. The lowest BCUT2D eigenvalue weighted by molar-refractivity contribution is 0.332. The molecule has 0 saturated heterocycles. The van der Waals surface area contributed by atoms with Gasteiger partial charge < -0.3 is 4.90 Å². The monoisotopic (exact) mass is 821 g/mol. The van der Waals surface area contributed by atoms with Crippen LogP contribution in [0.2, 0.25) is 0 Å². The van der Waals surface area contributed by atoms with E-state index in [0.29, 0.717) is 5.92 Å². The van der Waals surface area contributed by atoms with Gasteiger partial charge in [0.05, 0.1) is 16.8 Å². The summed E-state index contributed by atoms with van der Waals surface area (Å²) in [7, 11) is 0. The highest BCUT2D eigenvalue weighted by Gasteiger charge is 2.52. The van der Waals surface area contributed by atoms with Crippen LogP contribution in [0, 0.1) is 0 Å². The van der Waals surface area contributed by atoms with E-state index in [0.717, 1.165) is 6.42 Å². The third kappa shape index (κ3) is 5.67. The molecule has 0 radical (unpaired) electrons. The van der Waals surface area contributed by atoms with Gasteiger partial charge in [0.1, 0.15) is 0 Å². The number of nitrogens with zero attached hydrogens (tertiary/aromatic N) is 1. The van der Waals surface area contributed by atoms with Crippen LogP contribution >= 0.6 is 0 Å². The summed E-state index contributed by atoms with van der Waals surface area (Å²) >= 11 is 0. The van der Waals surface area contributed by atoms with Crippen molar-refractivity contribution in [3.63, 3.8) is 0 Å². The number of benzene rings is 7. The standard InChI is InChI=1S/C62H63N/c1-39(2)42-29-31-52-56(61(9,10)35-34-59(52,5)6)57(42)63(41-20-12-11-13-21-41)55-38-53-47(37-46(55)40-28-30-51-54(36-40)60(7,8)33-32-58(51,3)4)45-24-16-19-27-50(45)62(53)48-25-17-14-22-43(48)44-23-15-18-26-49(44)62/h11-31,36-39H,32-35H2,1-10H3. The minimum Gasteiger partial charge on any atom is -0.309 e. The molecule has 0 aliphatic heterocycles. The van der Waals surface area contributed by atoms with E-state index in [4.69, 9.17) is 0 Å². The Labute approximate surface area is 377 Å². The first-order valence-electron chi connectivity index (χ1n) is 23.7. The van der Waals surface area contributed by atoms with Crippen LogP contribution in [0.1, 0.15) is 151 Å². The number of hydrogen-bond acceptors (Lipinski definition) is 1. The zero-order valence-corrected chi connectivity index (χ0v) is 39.2. The van der Waals surface area contributed by atoms with Crippen LogP contribution in [0.25, 0.3) is 33.4 Å². The Morgan fingerprint density at radius 1 is 0.397 bits per heavy atom. The van der Waals surface area contributed by atoms with E-state index < -0.39 is 5.41 Å². The van der Waals surface area contributed by atoms with Gasteiger partial charge in [-0.25, -0.2) is 0 Å². The van der Waals surface area contributed by atoms with E-state index in [9.17, 15) is 0 Å². The van der Waals surface area contributed by atoms with Gasteiger partial charge in [-0.3, -0.25) is 0 Å². The van der Waals surface area contributed by atoms with Crippen LogP contribution in [-0.2, 0) is 27.1 Å². The van der Waals surface area contributed by atoms with Gasteiger partial charge in [-0.1, -0.05) is 191 Å². The molecule has 0 aromatic heterocycles. The van der Waals surface area contributed by atoms with E-state index in [1.807, 2.05) is 0 Å². The van der Waals surface area contributed by atoms with E-state index in [1.165, 1.54) is 120 Å². The predicted molar refractivity (Wildman–Crippen MR) is 268 cm³/mol. The molecule has 1 heteroatoms. The fraction of sp³-hybridized carbons (Fsp3) is 0.323. The van der Waals surface area contributed by atoms with Crippen molar-refractivity contribution in [2.75, 3.05) is 4.90 Å². The van der Waals surface area contributed by atoms with Gasteiger partial charge >= 0.3 is 0 Å². The Kier molecular flexibility index (Phi) is 8.71. The molecule has 7 aromatic rings. The summed E-state index contributed by atoms with van der Waals surface area (Å²) in [5.41, 5.74) is 24.4. The highest BCUT2D eigenvalue weighted by atomic mass is 15.2. The third-order valence-electron chi connectivity index (χ3n) is 16.4. The summed E-state index contributed by atoms with van der Waals surface area (Å²) in [6.07, 6.45) is 4.69. The molecule has 4 aliphatic carbocycles. The Morgan fingerprint density at radius 3 is 1.48 bits per heavy atom. The lowest BCUT2D eigenvalue weighted by Crippen LogP contribution is -2.36. The molecule has 0 fully saturated rings. The Balaban J connectivity index is 1.32. The molecule has 0 unspecified atom stereocenters. The molecule has 1 nitrogen and oxygen atoms in total. The second-order valence-electron chi connectivity index (χ2n) is 22.3. The smallest absolute Gasteiger partial charge is 0.0726 e. The maximum Gasteiger partial charge on any atom is 0.0726 e. The van der Waals surface area contributed by atoms with Crippen molar-refractivity contribution < 1.29 is 0 Å². The summed E-state index contributed by atoms with van der Waals surface area (Å²) < 4.78 is 0. The molecule has 7 aromatic carbocycles. The highest BCUT2D eigenvalue weighted by Crippen LogP contribution is 2.65. The molecule has 316 valence electrons. The molecule has 0 N–H and O–H groups in total. The molecule has 0 saturated carbocycles. The van der Waals surface area contributed by atoms with Gasteiger partial charge in [0.15, 0.2) is 0 Å². The predicted octanol–water partition coefficient (Wildman–Crippen LogP) is 17.0. The van der Waals surface area contributed by atoms with Crippen LogP contribution in [0.15, 0.2) is 146 Å². The Bertz CT molecular complexity index is 2940. The summed E-state index contributed by atoms with van der Waals surface area (Å²) in [5, 5.41) is 0. The first-order valence-corrected chi connectivity index (χ1v) is 23.7. The minimum atomic E-state index is -0.463. The number of hydrogen-bond donors (Lipinski definition) is 0. The molecule has 11 rings (SSSR count). The van der Waals surface area contributed by atoms with Crippen LogP contribution in [0.5, 0.6) is 0 Å². The molecule has 0 amide bonds. The quantitative estimate of drug-likeness (QED) is 0.167. The highest BCUT2D eigenvalue weighted by molar-refractivity contribution is 6.00. The van der Waals surface area contributed by atoms with Crippen LogP contribution in [0.3, 0.4) is 0 Å². The number of anilines is 3. The first-order chi connectivity index (χ1) is 30.1. The van der Waals surface area contributed by atoms with Crippen LogP contribution in [0.4, 0.5) is 17.1 Å². The maximum atomic E-state index is 2.73. The Hall–Kier alpha value is -5.66. The van der Waals surface area contributed by atoms with Crippen molar-refractivity contribution in [2.24, 2.45) is 0 Å². The van der Waals surface area contributed by atoms with Crippen molar-refractivity contribution in [1.82, 2.24) is 0 Å². The third-order valence-corrected chi connectivity index (χ3v) is 16.4. The zero-order chi connectivity index (χ0) is 43.8. The van der Waals surface area contributed by atoms with Gasteiger partial charge in [0.25, 0.3) is 0 Å². The van der Waals surface area contributed by atoms with Crippen molar-refractivity contribution in [3.8, 4) is 33.4 Å². The topological polar surface area (TPSA) is 3.24 Å². The van der Waals surface area contributed by atoms with Crippen LogP contribution in [-0.4, -0.2) is 0 Å². The molecule has 63 heavy (non-hydrogen) atoms.